The molecule has 0 radical (unpaired) electrons. The number of hydrogen-bond donors (Lipinski definition) is 1. The first-order valence-electron chi connectivity index (χ1n) is 6.95. The molecule has 0 spiro atoms. The molecule has 0 aliphatic carbocycles. The predicted molar refractivity (Wildman–Crippen MR) is 77.1 cm³/mol. The summed E-state index contributed by atoms with van der Waals surface area (Å²) in [6, 6.07) is 1.85. The molecule has 0 bridgehead atoms. The Morgan fingerprint density at radius 3 is 2.80 bits per heavy atom. The molecule has 1 unspecified atom stereocenters. The zero-order valence-corrected chi connectivity index (χ0v) is 11.8. The fourth-order valence-corrected chi connectivity index (χ4v) is 2.47. The Morgan fingerprint density at radius 2 is 2.10 bits per heavy atom. The number of rotatable bonds is 3. The lowest BCUT2D eigenvalue weighted by molar-refractivity contribution is 0.441. The van der Waals surface area contributed by atoms with E-state index in [1.165, 1.54) is 12.8 Å². The van der Waals surface area contributed by atoms with Crippen LogP contribution in [0.3, 0.4) is 0 Å². The zero-order valence-electron chi connectivity index (χ0n) is 11.8. The Morgan fingerprint density at radius 1 is 1.25 bits per heavy atom. The molecule has 1 N–H and O–H groups in total. The summed E-state index contributed by atoms with van der Waals surface area (Å²) in [6.07, 6.45) is 5.99. The Balaban J connectivity index is 1.96. The maximum absolute atomic E-state index is 4.55. The smallest absolute Gasteiger partial charge is 0.257 e. The number of anilines is 2. The first-order chi connectivity index (χ1) is 9.76. The molecule has 20 heavy (non-hydrogen) atoms. The summed E-state index contributed by atoms with van der Waals surface area (Å²) in [4.78, 5) is 15.6. The van der Waals surface area contributed by atoms with Crippen LogP contribution < -0.4 is 10.2 Å². The highest BCUT2D eigenvalue weighted by atomic mass is 15.4. The molecule has 2 aromatic rings. The summed E-state index contributed by atoms with van der Waals surface area (Å²) in [7, 11) is 1.81. The average Bonchev–Trinajstić information content (AvgIpc) is 3.01. The first kappa shape index (κ1) is 12.8. The monoisotopic (exact) mass is 273 g/mol. The second-order valence-electron chi connectivity index (χ2n) is 5.15. The van der Waals surface area contributed by atoms with Crippen molar-refractivity contribution >= 4 is 11.9 Å². The SMILES string of the molecule is CNc1nc(N2CCCC(C)C2)nc(-n2cccn2)n1. The van der Waals surface area contributed by atoms with Gasteiger partial charge in [0.2, 0.25) is 11.9 Å². The molecule has 1 saturated heterocycles. The molecule has 3 heterocycles. The number of nitrogens with one attached hydrogen (secondary N) is 1. The Bertz CT molecular complexity index is 566. The second kappa shape index (κ2) is 5.44. The normalized spacial score (nSPS) is 19.1. The van der Waals surface area contributed by atoms with Crippen molar-refractivity contribution in [2.75, 3.05) is 30.4 Å². The number of piperidine rings is 1. The molecule has 1 aliphatic heterocycles. The molecule has 7 heteroatoms. The van der Waals surface area contributed by atoms with Crippen LogP contribution in [0.2, 0.25) is 0 Å². The van der Waals surface area contributed by atoms with Crippen LogP contribution in [0, 0.1) is 5.92 Å². The van der Waals surface area contributed by atoms with Crippen LogP contribution in [0.5, 0.6) is 0 Å². The molecule has 7 nitrogen and oxygen atoms in total. The number of hydrogen-bond acceptors (Lipinski definition) is 6. The molecule has 106 valence electrons. The fraction of sp³-hybridized carbons (Fsp3) is 0.538. The van der Waals surface area contributed by atoms with E-state index in [1.54, 1.807) is 10.9 Å². The van der Waals surface area contributed by atoms with Gasteiger partial charge < -0.3 is 10.2 Å². The van der Waals surface area contributed by atoms with Crippen LogP contribution >= 0.6 is 0 Å². The number of nitrogens with zero attached hydrogens (tertiary/aromatic N) is 6. The molecular formula is C13H19N7. The highest BCUT2D eigenvalue weighted by Gasteiger charge is 2.20. The van der Waals surface area contributed by atoms with E-state index in [9.17, 15) is 0 Å². The maximum Gasteiger partial charge on any atom is 0.257 e. The molecule has 3 rings (SSSR count). The quantitative estimate of drug-likeness (QED) is 0.909. The summed E-state index contributed by atoms with van der Waals surface area (Å²) >= 11 is 0. The lowest BCUT2D eigenvalue weighted by Crippen LogP contribution is -2.35. The van der Waals surface area contributed by atoms with Crippen molar-refractivity contribution in [3.63, 3.8) is 0 Å². The molecule has 0 aromatic carbocycles. The Kier molecular flexibility index (Phi) is 3.49. The third-order valence-electron chi connectivity index (χ3n) is 3.48. The minimum atomic E-state index is 0.544. The van der Waals surface area contributed by atoms with Crippen molar-refractivity contribution in [1.82, 2.24) is 24.7 Å². The number of aromatic nitrogens is 5. The van der Waals surface area contributed by atoms with Gasteiger partial charge in [0.1, 0.15) is 0 Å². The van der Waals surface area contributed by atoms with Crippen molar-refractivity contribution in [3.8, 4) is 5.95 Å². The van der Waals surface area contributed by atoms with E-state index in [1.807, 2.05) is 19.3 Å². The summed E-state index contributed by atoms with van der Waals surface area (Å²) < 4.78 is 1.65. The van der Waals surface area contributed by atoms with Gasteiger partial charge in [0.05, 0.1) is 0 Å². The van der Waals surface area contributed by atoms with Gasteiger partial charge in [-0.1, -0.05) is 6.92 Å². The van der Waals surface area contributed by atoms with Crippen LogP contribution in [0.25, 0.3) is 5.95 Å². The summed E-state index contributed by atoms with van der Waals surface area (Å²) in [5.41, 5.74) is 0. The Labute approximate surface area is 118 Å². The van der Waals surface area contributed by atoms with E-state index >= 15 is 0 Å². The van der Waals surface area contributed by atoms with E-state index in [0.29, 0.717) is 17.8 Å². The van der Waals surface area contributed by atoms with E-state index in [-0.39, 0.29) is 0 Å². The van der Waals surface area contributed by atoms with Gasteiger partial charge in [0.25, 0.3) is 5.95 Å². The highest BCUT2D eigenvalue weighted by molar-refractivity contribution is 5.40. The van der Waals surface area contributed by atoms with Crippen LogP contribution in [0.15, 0.2) is 18.5 Å². The largest absolute Gasteiger partial charge is 0.357 e. The van der Waals surface area contributed by atoms with E-state index in [2.05, 4.69) is 37.2 Å². The summed E-state index contributed by atoms with van der Waals surface area (Å²) in [5, 5.41) is 7.17. The fourth-order valence-electron chi connectivity index (χ4n) is 2.47. The molecular weight excluding hydrogens is 254 g/mol. The predicted octanol–water partition coefficient (Wildman–Crippen LogP) is 1.34. The lowest BCUT2D eigenvalue weighted by atomic mass is 10.0. The molecule has 1 fully saturated rings. The van der Waals surface area contributed by atoms with Crippen molar-refractivity contribution in [2.24, 2.45) is 5.92 Å². The summed E-state index contributed by atoms with van der Waals surface area (Å²) in [6.45, 7) is 4.25. The second-order valence-corrected chi connectivity index (χ2v) is 5.15. The molecule has 0 amide bonds. The van der Waals surface area contributed by atoms with Crippen LogP contribution in [0.4, 0.5) is 11.9 Å². The van der Waals surface area contributed by atoms with Crippen molar-refractivity contribution in [1.29, 1.82) is 0 Å². The van der Waals surface area contributed by atoms with E-state index in [4.69, 9.17) is 0 Å². The maximum atomic E-state index is 4.55. The van der Waals surface area contributed by atoms with Crippen molar-refractivity contribution in [3.05, 3.63) is 18.5 Å². The third kappa shape index (κ3) is 2.56. The molecule has 1 aliphatic rings. The molecule has 1 atom stereocenters. The lowest BCUT2D eigenvalue weighted by Gasteiger charge is -2.31. The third-order valence-corrected chi connectivity index (χ3v) is 3.48. The van der Waals surface area contributed by atoms with Gasteiger partial charge in [-0.2, -0.15) is 20.1 Å². The average molecular weight is 273 g/mol. The Hall–Kier alpha value is -2.18. The van der Waals surface area contributed by atoms with Gasteiger partial charge in [-0.15, -0.1) is 0 Å². The van der Waals surface area contributed by atoms with Gasteiger partial charge in [0.15, 0.2) is 0 Å². The van der Waals surface area contributed by atoms with Crippen molar-refractivity contribution in [2.45, 2.75) is 19.8 Å². The van der Waals surface area contributed by atoms with Crippen molar-refractivity contribution < 1.29 is 0 Å². The zero-order chi connectivity index (χ0) is 13.9. The standard InChI is InChI=1S/C13H19N7/c1-10-5-3-7-19(9-10)12-16-11(14-2)17-13(18-12)20-8-4-6-15-20/h4,6,8,10H,3,5,7,9H2,1-2H3,(H,14,16,17,18). The van der Waals surface area contributed by atoms with E-state index < -0.39 is 0 Å². The van der Waals surface area contributed by atoms with Crippen LogP contribution in [-0.2, 0) is 0 Å². The van der Waals surface area contributed by atoms with Crippen LogP contribution in [-0.4, -0.2) is 44.9 Å². The van der Waals surface area contributed by atoms with Gasteiger partial charge >= 0.3 is 0 Å². The minimum absolute atomic E-state index is 0.544. The van der Waals surface area contributed by atoms with Gasteiger partial charge in [0, 0.05) is 32.5 Å². The van der Waals surface area contributed by atoms with Gasteiger partial charge in [-0.3, -0.25) is 0 Å². The highest BCUT2D eigenvalue weighted by Crippen LogP contribution is 2.21. The summed E-state index contributed by atoms with van der Waals surface area (Å²) in [5.74, 6) is 2.51. The minimum Gasteiger partial charge on any atom is -0.357 e. The van der Waals surface area contributed by atoms with Crippen LogP contribution in [0.1, 0.15) is 19.8 Å². The van der Waals surface area contributed by atoms with Gasteiger partial charge in [-0.25, -0.2) is 4.68 Å². The van der Waals surface area contributed by atoms with E-state index in [0.717, 1.165) is 19.0 Å². The molecule has 2 aromatic heterocycles. The first-order valence-corrected chi connectivity index (χ1v) is 6.95. The topological polar surface area (TPSA) is 71.8 Å². The molecule has 0 saturated carbocycles. The van der Waals surface area contributed by atoms with Gasteiger partial charge in [-0.05, 0) is 24.8 Å².